The molecule has 0 aromatic rings. The molecular weight excluding hydrogens is 130 g/mol. The highest BCUT2D eigenvalue weighted by molar-refractivity contribution is 4.70. The molecule has 1 fully saturated rings. The largest absolute Gasteiger partial charge is 0.329 e. The van der Waals surface area contributed by atoms with Crippen molar-refractivity contribution in [2.24, 2.45) is 0 Å². The first-order chi connectivity index (χ1) is 4.88. The quantitative estimate of drug-likeness (QED) is 0.585. The molecule has 0 spiro atoms. The summed E-state index contributed by atoms with van der Waals surface area (Å²) in [5.74, 6) is 0. The molecule has 1 saturated heterocycles. The minimum atomic E-state index is 0.699. The molecule has 59 valence electrons. The molecule has 3 nitrogen and oxygen atoms in total. The fourth-order valence-electron chi connectivity index (χ4n) is 0.964. The lowest BCUT2D eigenvalue weighted by atomic mass is 10.5. The van der Waals surface area contributed by atoms with Crippen LogP contribution in [0.5, 0.6) is 0 Å². The van der Waals surface area contributed by atoms with E-state index in [9.17, 15) is 0 Å². The first-order valence-corrected chi connectivity index (χ1v) is 3.76. The highest BCUT2D eigenvalue weighted by Gasteiger charge is 2.23. The Labute approximate surface area is 61.9 Å². The minimum absolute atomic E-state index is 0.699. The lowest BCUT2D eigenvalue weighted by Gasteiger charge is -2.20. The van der Waals surface area contributed by atoms with Gasteiger partial charge in [0.1, 0.15) is 0 Å². The lowest BCUT2D eigenvalue weighted by Crippen LogP contribution is -2.28. The zero-order chi connectivity index (χ0) is 7.40. The van der Waals surface area contributed by atoms with Crippen molar-refractivity contribution >= 4 is 0 Å². The number of hydrogen-bond donors (Lipinski definition) is 0. The van der Waals surface area contributed by atoms with Crippen LogP contribution in [0.15, 0.2) is 0 Å². The van der Waals surface area contributed by atoms with E-state index in [1.54, 1.807) is 0 Å². The first-order valence-electron chi connectivity index (χ1n) is 3.76. The summed E-state index contributed by atoms with van der Waals surface area (Å²) in [6.45, 7) is 7.47. The predicted molar refractivity (Wildman–Crippen MR) is 38.1 cm³/mol. The van der Waals surface area contributed by atoms with Gasteiger partial charge >= 0.3 is 6.41 Å². The van der Waals surface area contributed by atoms with Gasteiger partial charge < -0.3 is 9.47 Å². The smallest absolute Gasteiger partial charge is 0.303 e. The van der Waals surface area contributed by atoms with E-state index in [1.807, 2.05) is 0 Å². The van der Waals surface area contributed by atoms with E-state index in [1.165, 1.54) is 0 Å². The summed E-state index contributed by atoms with van der Waals surface area (Å²) in [5, 5.41) is 0. The Morgan fingerprint density at radius 1 is 1.20 bits per heavy atom. The van der Waals surface area contributed by atoms with E-state index in [0.29, 0.717) is 19.6 Å². The predicted octanol–water partition coefficient (Wildman–Crippen LogP) is 0.822. The summed E-state index contributed by atoms with van der Waals surface area (Å²) in [7, 11) is 0. The lowest BCUT2D eigenvalue weighted by molar-refractivity contribution is -0.0380. The highest BCUT2D eigenvalue weighted by atomic mass is 16.7. The van der Waals surface area contributed by atoms with Gasteiger partial charge in [0.25, 0.3) is 0 Å². The maximum atomic E-state index is 5.22. The van der Waals surface area contributed by atoms with Gasteiger partial charge in [0.05, 0.1) is 13.2 Å². The summed E-state index contributed by atoms with van der Waals surface area (Å²) in [4.78, 5) is 2.06. The Hall–Kier alpha value is -0.120. The molecule has 0 atom stereocenters. The molecule has 0 aliphatic carbocycles. The normalized spacial score (nSPS) is 20.7. The van der Waals surface area contributed by atoms with Gasteiger partial charge in [0, 0.05) is 13.1 Å². The summed E-state index contributed by atoms with van der Waals surface area (Å²) in [6, 6.07) is 0. The molecular formula is C7H14NO2. The van der Waals surface area contributed by atoms with Crippen LogP contribution >= 0.6 is 0 Å². The third kappa shape index (κ3) is 1.68. The topological polar surface area (TPSA) is 21.7 Å². The average Bonchev–Trinajstić information content (AvgIpc) is 2.43. The van der Waals surface area contributed by atoms with Crippen molar-refractivity contribution < 1.29 is 9.47 Å². The number of hydrogen-bond acceptors (Lipinski definition) is 3. The van der Waals surface area contributed by atoms with Crippen LogP contribution in [0.2, 0.25) is 0 Å². The number of nitrogens with zero attached hydrogens (tertiary/aromatic N) is 1. The Balaban J connectivity index is 2.29. The minimum Gasteiger partial charge on any atom is -0.329 e. The van der Waals surface area contributed by atoms with Crippen LogP contribution in [-0.4, -0.2) is 31.2 Å². The van der Waals surface area contributed by atoms with E-state index in [0.717, 1.165) is 13.1 Å². The van der Waals surface area contributed by atoms with Gasteiger partial charge in [-0.2, -0.15) is 0 Å². The second kappa shape index (κ2) is 3.91. The van der Waals surface area contributed by atoms with Crippen molar-refractivity contribution in [1.82, 2.24) is 4.90 Å². The first kappa shape index (κ1) is 7.98. The van der Waals surface area contributed by atoms with Gasteiger partial charge in [0.15, 0.2) is 0 Å². The number of ether oxygens (including phenoxy) is 2. The zero-order valence-corrected chi connectivity index (χ0v) is 6.59. The molecule has 1 rings (SSSR count). The SMILES string of the molecule is CCN(CC)[C]1OCCO1. The van der Waals surface area contributed by atoms with Crippen LogP contribution < -0.4 is 0 Å². The van der Waals surface area contributed by atoms with Crippen molar-refractivity contribution in [3.63, 3.8) is 0 Å². The molecule has 0 saturated carbocycles. The molecule has 10 heavy (non-hydrogen) atoms. The Morgan fingerprint density at radius 3 is 2.10 bits per heavy atom. The van der Waals surface area contributed by atoms with E-state index in [4.69, 9.17) is 9.47 Å². The molecule has 0 amide bonds. The van der Waals surface area contributed by atoms with Crippen LogP contribution in [0.4, 0.5) is 0 Å². The monoisotopic (exact) mass is 144 g/mol. The summed E-state index contributed by atoms with van der Waals surface area (Å²) in [5.41, 5.74) is 0. The van der Waals surface area contributed by atoms with E-state index in [-0.39, 0.29) is 0 Å². The highest BCUT2D eigenvalue weighted by Crippen LogP contribution is 2.16. The Morgan fingerprint density at radius 2 is 1.70 bits per heavy atom. The van der Waals surface area contributed by atoms with Gasteiger partial charge in [-0.05, 0) is 0 Å². The zero-order valence-electron chi connectivity index (χ0n) is 6.59. The molecule has 1 aliphatic heterocycles. The second-order valence-corrected chi connectivity index (χ2v) is 2.14. The summed E-state index contributed by atoms with van der Waals surface area (Å²) < 4.78 is 10.4. The number of rotatable bonds is 3. The van der Waals surface area contributed by atoms with Crippen LogP contribution in [0, 0.1) is 6.41 Å². The van der Waals surface area contributed by atoms with E-state index < -0.39 is 0 Å². The van der Waals surface area contributed by atoms with Crippen LogP contribution in [0.1, 0.15) is 13.8 Å². The summed E-state index contributed by atoms with van der Waals surface area (Å²) in [6.07, 6.45) is 0.699. The molecule has 0 aromatic heterocycles. The van der Waals surface area contributed by atoms with Gasteiger partial charge in [-0.25, -0.2) is 4.90 Å². The maximum Gasteiger partial charge on any atom is 0.303 e. The standard InChI is InChI=1S/C7H14NO2/c1-3-8(4-2)7-9-5-6-10-7/h3-6H2,1-2H3. The third-order valence-corrected chi connectivity index (χ3v) is 1.56. The average molecular weight is 144 g/mol. The molecule has 1 aliphatic rings. The van der Waals surface area contributed by atoms with Crippen molar-refractivity contribution in [2.45, 2.75) is 13.8 Å². The van der Waals surface area contributed by atoms with Crippen molar-refractivity contribution in [3.8, 4) is 0 Å². The Kier molecular flexibility index (Phi) is 3.12. The fourth-order valence-corrected chi connectivity index (χ4v) is 0.964. The molecule has 0 N–H and O–H groups in total. The van der Waals surface area contributed by atoms with Gasteiger partial charge in [-0.1, -0.05) is 13.8 Å². The van der Waals surface area contributed by atoms with Gasteiger partial charge in [-0.15, -0.1) is 0 Å². The molecule has 1 heterocycles. The fraction of sp³-hybridized carbons (Fsp3) is 0.857. The van der Waals surface area contributed by atoms with Crippen LogP contribution in [0.3, 0.4) is 0 Å². The second-order valence-electron chi connectivity index (χ2n) is 2.14. The van der Waals surface area contributed by atoms with Gasteiger partial charge in [-0.3, -0.25) is 0 Å². The maximum absolute atomic E-state index is 5.22. The van der Waals surface area contributed by atoms with E-state index >= 15 is 0 Å². The van der Waals surface area contributed by atoms with Crippen molar-refractivity contribution in [1.29, 1.82) is 0 Å². The molecule has 1 radical (unpaired) electrons. The van der Waals surface area contributed by atoms with Gasteiger partial charge in [0.2, 0.25) is 0 Å². The van der Waals surface area contributed by atoms with Crippen molar-refractivity contribution in [3.05, 3.63) is 6.41 Å². The molecule has 0 unspecified atom stereocenters. The molecule has 0 bridgehead atoms. The van der Waals surface area contributed by atoms with Crippen LogP contribution in [0.25, 0.3) is 0 Å². The molecule has 0 aromatic carbocycles. The molecule has 3 heteroatoms. The third-order valence-electron chi connectivity index (χ3n) is 1.56. The van der Waals surface area contributed by atoms with Crippen molar-refractivity contribution in [2.75, 3.05) is 26.3 Å². The van der Waals surface area contributed by atoms with E-state index in [2.05, 4.69) is 18.7 Å². The Bertz CT molecular complexity index is 87.6. The van der Waals surface area contributed by atoms with Crippen LogP contribution in [-0.2, 0) is 9.47 Å². The summed E-state index contributed by atoms with van der Waals surface area (Å²) >= 11 is 0.